The molecule has 1 heterocycles. The van der Waals surface area contributed by atoms with Crippen LogP contribution >= 0.6 is 11.6 Å². The van der Waals surface area contributed by atoms with Crippen molar-refractivity contribution in [1.82, 2.24) is 9.78 Å². The molecule has 0 aliphatic carbocycles. The smallest absolute Gasteiger partial charge is 0.277 e. The average molecular weight is 295 g/mol. The number of nitrogens with zero attached hydrogens (tertiary/aromatic N) is 3. The summed E-state index contributed by atoms with van der Waals surface area (Å²) in [6.07, 6.45) is 0. The molecule has 8 heteroatoms. The zero-order valence-corrected chi connectivity index (χ0v) is 11.5. The summed E-state index contributed by atoms with van der Waals surface area (Å²) in [5, 5.41) is 17.4. The fraction of sp³-hybridized carbons (Fsp3) is 0.167. The number of non-ortho nitro benzene ring substituents is 1. The van der Waals surface area contributed by atoms with Crippen LogP contribution in [-0.4, -0.2) is 20.6 Å². The van der Waals surface area contributed by atoms with Gasteiger partial charge in [0.15, 0.2) is 5.69 Å². The normalized spacial score (nSPS) is 10.3. The molecule has 2 rings (SSSR count). The van der Waals surface area contributed by atoms with E-state index >= 15 is 0 Å². The van der Waals surface area contributed by atoms with Crippen LogP contribution in [0.2, 0.25) is 5.02 Å². The van der Waals surface area contributed by atoms with Crippen LogP contribution in [0.1, 0.15) is 16.2 Å². The number of hydrogen-bond donors (Lipinski definition) is 1. The summed E-state index contributed by atoms with van der Waals surface area (Å²) >= 11 is 6.01. The Bertz CT molecular complexity index is 679. The number of anilines is 1. The van der Waals surface area contributed by atoms with Crippen LogP contribution in [-0.2, 0) is 7.05 Å². The highest BCUT2D eigenvalue weighted by Gasteiger charge is 2.18. The molecule has 0 atom stereocenters. The lowest BCUT2D eigenvalue weighted by Gasteiger charge is -2.02. The highest BCUT2D eigenvalue weighted by atomic mass is 35.5. The van der Waals surface area contributed by atoms with Crippen molar-refractivity contribution in [3.8, 4) is 0 Å². The van der Waals surface area contributed by atoms with Crippen LogP contribution in [0.4, 0.5) is 11.4 Å². The Labute approximate surface area is 119 Å². The monoisotopic (exact) mass is 294 g/mol. The Balaban J connectivity index is 2.19. The average Bonchev–Trinajstić information content (AvgIpc) is 2.67. The van der Waals surface area contributed by atoms with Crippen molar-refractivity contribution >= 4 is 28.9 Å². The molecule has 0 saturated heterocycles. The van der Waals surface area contributed by atoms with Crippen molar-refractivity contribution in [3.05, 3.63) is 50.8 Å². The van der Waals surface area contributed by atoms with Gasteiger partial charge in [0.2, 0.25) is 0 Å². The van der Waals surface area contributed by atoms with Gasteiger partial charge in [-0.3, -0.25) is 19.6 Å². The largest absolute Gasteiger partial charge is 0.321 e. The van der Waals surface area contributed by atoms with Crippen LogP contribution in [0.15, 0.2) is 24.3 Å². The number of nitro groups is 1. The van der Waals surface area contributed by atoms with E-state index in [9.17, 15) is 14.9 Å². The third kappa shape index (κ3) is 2.62. The fourth-order valence-electron chi connectivity index (χ4n) is 1.58. The molecule has 1 aromatic carbocycles. The van der Waals surface area contributed by atoms with Crippen LogP contribution in [0.5, 0.6) is 0 Å². The number of nitrogens with one attached hydrogen (secondary N) is 1. The molecular weight excluding hydrogens is 284 g/mol. The van der Waals surface area contributed by atoms with Gasteiger partial charge in [0.05, 0.1) is 15.6 Å². The van der Waals surface area contributed by atoms with E-state index < -0.39 is 10.8 Å². The maximum Gasteiger partial charge on any atom is 0.277 e. The van der Waals surface area contributed by atoms with Gasteiger partial charge >= 0.3 is 0 Å². The van der Waals surface area contributed by atoms with Crippen molar-refractivity contribution in [2.45, 2.75) is 6.92 Å². The van der Waals surface area contributed by atoms with E-state index in [1.165, 1.54) is 28.9 Å². The van der Waals surface area contributed by atoms with E-state index in [1.807, 2.05) is 0 Å². The number of rotatable bonds is 3. The van der Waals surface area contributed by atoms with Gasteiger partial charge < -0.3 is 5.32 Å². The highest BCUT2D eigenvalue weighted by Crippen LogP contribution is 2.21. The maximum absolute atomic E-state index is 12.0. The van der Waals surface area contributed by atoms with Gasteiger partial charge in [-0.25, -0.2) is 0 Å². The minimum Gasteiger partial charge on any atom is -0.321 e. The van der Waals surface area contributed by atoms with Crippen molar-refractivity contribution < 1.29 is 9.72 Å². The zero-order chi connectivity index (χ0) is 14.9. The minimum absolute atomic E-state index is 0.0466. The Morgan fingerprint density at radius 3 is 2.45 bits per heavy atom. The van der Waals surface area contributed by atoms with E-state index in [-0.39, 0.29) is 16.4 Å². The molecule has 0 spiro atoms. The van der Waals surface area contributed by atoms with Gasteiger partial charge in [-0.05, 0) is 19.1 Å². The SMILES string of the molecule is Cc1c(Cl)c(C(=O)Nc2ccc([N+](=O)[O-])cc2)nn1C. The molecule has 2 aromatic rings. The van der Waals surface area contributed by atoms with Crippen molar-refractivity contribution in [2.24, 2.45) is 7.05 Å². The molecule has 1 N–H and O–H groups in total. The van der Waals surface area contributed by atoms with Gasteiger partial charge in [0.1, 0.15) is 0 Å². The summed E-state index contributed by atoms with van der Waals surface area (Å²) in [6, 6.07) is 5.50. The lowest BCUT2D eigenvalue weighted by molar-refractivity contribution is -0.384. The van der Waals surface area contributed by atoms with E-state index in [4.69, 9.17) is 11.6 Å². The van der Waals surface area contributed by atoms with Gasteiger partial charge in [-0.15, -0.1) is 0 Å². The Hall–Kier alpha value is -2.41. The molecule has 20 heavy (non-hydrogen) atoms. The molecule has 0 radical (unpaired) electrons. The second kappa shape index (κ2) is 5.30. The van der Waals surface area contributed by atoms with E-state index in [0.717, 1.165) is 0 Å². The van der Waals surface area contributed by atoms with Gasteiger partial charge in [-0.2, -0.15) is 5.10 Å². The van der Waals surface area contributed by atoms with Crippen molar-refractivity contribution in [1.29, 1.82) is 0 Å². The van der Waals surface area contributed by atoms with E-state index in [1.54, 1.807) is 14.0 Å². The number of hydrogen-bond acceptors (Lipinski definition) is 4. The molecule has 0 aliphatic rings. The highest BCUT2D eigenvalue weighted by molar-refractivity contribution is 6.34. The molecular formula is C12H11ClN4O3. The predicted octanol–water partition coefficient (Wildman–Crippen LogP) is 2.54. The lowest BCUT2D eigenvalue weighted by Crippen LogP contribution is -2.13. The molecule has 0 unspecified atom stereocenters. The zero-order valence-electron chi connectivity index (χ0n) is 10.8. The second-order valence-electron chi connectivity index (χ2n) is 4.13. The third-order valence-corrected chi connectivity index (χ3v) is 3.26. The summed E-state index contributed by atoms with van der Waals surface area (Å²) in [5.41, 5.74) is 1.18. The molecule has 0 saturated carbocycles. The number of amides is 1. The number of nitro benzene ring substituents is 1. The van der Waals surface area contributed by atoms with Gasteiger partial charge in [0, 0.05) is 24.9 Å². The summed E-state index contributed by atoms with van der Waals surface area (Å²) in [4.78, 5) is 22.0. The van der Waals surface area contributed by atoms with Crippen molar-refractivity contribution in [2.75, 3.05) is 5.32 Å². The molecule has 0 aliphatic heterocycles. The summed E-state index contributed by atoms with van der Waals surface area (Å²) in [5.74, 6) is -0.465. The topological polar surface area (TPSA) is 90.1 Å². The predicted molar refractivity (Wildman–Crippen MR) is 74.0 cm³/mol. The molecule has 7 nitrogen and oxygen atoms in total. The number of benzene rings is 1. The van der Waals surface area contributed by atoms with E-state index in [0.29, 0.717) is 11.4 Å². The standard InChI is InChI=1S/C12H11ClN4O3/c1-7-10(13)11(15-16(7)2)12(18)14-8-3-5-9(6-4-8)17(19)20/h3-6H,1-2H3,(H,14,18). The molecule has 1 amide bonds. The first-order valence-electron chi connectivity index (χ1n) is 5.65. The third-order valence-electron chi connectivity index (χ3n) is 2.81. The van der Waals surface area contributed by atoms with Crippen LogP contribution < -0.4 is 5.32 Å². The molecule has 0 fully saturated rings. The van der Waals surface area contributed by atoms with Crippen LogP contribution in [0.25, 0.3) is 0 Å². The first-order chi connectivity index (χ1) is 9.40. The first kappa shape index (κ1) is 14.0. The summed E-state index contributed by atoms with van der Waals surface area (Å²) < 4.78 is 1.51. The van der Waals surface area contributed by atoms with Crippen molar-refractivity contribution in [3.63, 3.8) is 0 Å². The van der Waals surface area contributed by atoms with Crippen LogP contribution in [0.3, 0.4) is 0 Å². The minimum atomic E-state index is -0.509. The van der Waals surface area contributed by atoms with Gasteiger partial charge in [0.25, 0.3) is 11.6 Å². The quantitative estimate of drug-likeness (QED) is 0.695. The number of aromatic nitrogens is 2. The summed E-state index contributed by atoms with van der Waals surface area (Å²) in [6.45, 7) is 1.75. The van der Waals surface area contributed by atoms with Crippen LogP contribution in [0, 0.1) is 17.0 Å². The molecule has 1 aromatic heterocycles. The molecule has 0 bridgehead atoms. The lowest BCUT2D eigenvalue weighted by atomic mass is 10.2. The second-order valence-corrected chi connectivity index (χ2v) is 4.51. The Kier molecular flexibility index (Phi) is 3.71. The first-order valence-corrected chi connectivity index (χ1v) is 6.03. The fourth-order valence-corrected chi connectivity index (χ4v) is 1.83. The summed E-state index contributed by atoms with van der Waals surface area (Å²) in [7, 11) is 1.68. The van der Waals surface area contributed by atoms with E-state index in [2.05, 4.69) is 10.4 Å². The Morgan fingerprint density at radius 1 is 1.40 bits per heavy atom. The number of carbonyl (C=O) groups is 1. The number of halogens is 1. The number of aryl methyl sites for hydroxylation is 1. The van der Waals surface area contributed by atoms with Gasteiger partial charge in [-0.1, -0.05) is 11.6 Å². The molecule has 104 valence electrons. The Morgan fingerprint density at radius 2 is 2.00 bits per heavy atom. The number of carbonyl (C=O) groups excluding carboxylic acids is 1. The maximum atomic E-state index is 12.0.